The molecule has 4 nitrogen and oxygen atoms in total. The highest BCUT2D eigenvalue weighted by atomic mass is 16.2. The number of hydrogen-bond donors (Lipinski definition) is 2. The van der Waals surface area contributed by atoms with Crippen LogP contribution >= 0.6 is 0 Å². The first-order valence-electron chi connectivity index (χ1n) is 5.21. The maximum atomic E-state index is 12.0. The molecule has 0 bridgehead atoms. The lowest BCUT2D eigenvalue weighted by molar-refractivity contribution is 0.0773. The number of H-pyrrole nitrogens is 1. The SMILES string of the molecule is CC1(C)CCN(C(=O)c2cc(N)c[nH]2)C1. The molecule has 0 atom stereocenters. The van der Waals surface area contributed by atoms with E-state index >= 15 is 0 Å². The van der Waals surface area contributed by atoms with Gasteiger partial charge >= 0.3 is 0 Å². The average Bonchev–Trinajstić information content (AvgIpc) is 2.71. The monoisotopic (exact) mass is 207 g/mol. The topological polar surface area (TPSA) is 62.1 Å². The van der Waals surface area contributed by atoms with Crippen LogP contribution in [0, 0.1) is 5.41 Å². The van der Waals surface area contributed by atoms with E-state index in [4.69, 9.17) is 5.73 Å². The molecule has 0 unspecified atom stereocenters. The molecule has 1 aliphatic rings. The standard InChI is InChI=1S/C11H17N3O/c1-11(2)3-4-14(7-11)10(15)9-5-8(12)6-13-9/h5-6,13H,3-4,7,12H2,1-2H3. The lowest BCUT2D eigenvalue weighted by Gasteiger charge is -2.19. The smallest absolute Gasteiger partial charge is 0.270 e. The van der Waals surface area contributed by atoms with Crippen LogP contribution in [-0.4, -0.2) is 28.9 Å². The summed E-state index contributed by atoms with van der Waals surface area (Å²) in [5.74, 6) is 0.0530. The van der Waals surface area contributed by atoms with E-state index in [0.717, 1.165) is 19.5 Å². The van der Waals surface area contributed by atoms with E-state index in [9.17, 15) is 4.79 Å². The van der Waals surface area contributed by atoms with Crippen molar-refractivity contribution in [3.63, 3.8) is 0 Å². The number of rotatable bonds is 1. The zero-order chi connectivity index (χ0) is 11.1. The molecule has 0 spiro atoms. The second kappa shape index (κ2) is 3.29. The van der Waals surface area contributed by atoms with E-state index in [1.54, 1.807) is 12.3 Å². The number of nitrogens with one attached hydrogen (secondary N) is 1. The van der Waals surface area contributed by atoms with Crippen LogP contribution in [-0.2, 0) is 0 Å². The number of nitrogens with zero attached hydrogens (tertiary/aromatic N) is 1. The number of aromatic amines is 1. The predicted octanol–water partition coefficient (Wildman–Crippen LogP) is 1.47. The molecule has 0 aliphatic carbocycles. The number of carbonyl (C=O) groups is 1. The molecule has 15 heavy (non-hydrogen) atoms. The van der Waals surface area contributed by atoms with Crippen molar-refractivity contribution in [2.24, 2.45) is 5.41 Å². The molecule has 1 fully saturated rings. The van der Waals surface area contributed by atoms with Gasteiger partial charge in [-0.25, -0.2) is 0 Å². The summed E-state index contributed by atoms with van der Waals surface area (Å²) in [4.78, 5) is 16.8. The second-order valence-corrected chi connectivity index (χ2v) is 4.99. The molecule has 1 amide bonds. The van der Waals surface area contributed by atoms with Crippen molar-refractivity contribution < 1.29 is 4.79 Å². The maximum Gasteiger partial charge on any atom is 0.270 e. The number of amides is 1. The Labute approximate surface area is 89.5 Å². The molecule has 0 saturated carbocycles. The first-order valence-corrected chi connectivity index (χ1v) is 5.21. The minimum absolute atomic E-state index is 0.0530. The fraction of sp³-hybridized carbons (Fsp3) is 0.545. The van der Waals surface area contributed by atoms with Crippen molar-refractivity contribution in [2.45, 2.75) is 20.3 Å². The van der Waals surface area contributed by atoms with Crippen LogP contribution in [0.3, 0.4) is 0 Å². The number of hydrogen-bond acceptors (Lipinski definition) is 2. The van der Waals surface area contributed by atoms with Gasteiger partial charge in [-0.1, -0.05) is 13.8 Å². The number of nitrogens with two attached hydrogens (primary N) is 1. The Morgan fingerprint density at radius 3 is 2.80 bits per heavy atom. The zero-order valence-corrected chi connectivity index (χ0v) is 9.21. The third kappa shape index (κ3) is 1.98. The summed E-state index contributed by atoms with van der Waals surface area (Å²) >= 11 is 0. The first kappa shape index (κ1) is 10.1. The van der Waals surface area contributed by atoms with Gasteiger partial charge in [-0.2, -0.15) is 0 Å². The van der Waals surface area contributed by atoms with Gasteiger partial charge in [-0.15, -0.1) is 0 Å². The molecule has 2 heterocycles. The summed E-state index contributed by atoms with van der Waals surface area (Å²) < 4.78 is 0. The summed E-state index contributed by atoms with van der Waals surface area (Å²) in [7, 11) is 0. The lowest BCUT2D eigenvalue weighted by Crippen LogP contribution is -2.30. The Kier molecular flexibility index (Phi) is 2.21. The van der Waals surface area contributed by atoms with Crippen molar-refractivity contribution in [1.29, 1.82) is 0 Å². The first-order chi connectivity index (χ1) is 6.98. The normalized spacial score (nSPS) is 19.5. The van der Waals surface area contributed by atoms with Crippen LogP contribution in [0.1, 0.15) is 30.8 Å². The minimum atomic E-state index is 0.0530. The largest absolute Gasteiger partial charge is 0.397 e. The van der Waals surface area contributed by atoms with Gasteiger partial charge in [0.2, 0.25) is 0 Å². The molecular weight excluding hydrogens is 190 g/mol. The van der Waals surface area contributed by atoms with E-state index in [-0.39, 0.29) is 11.3 Å². The Balaban J connectivity index is 2.10. The van der Waals surface area contributed by atoms with Crippen molar-refractivity contribution in [3.8, 4) is 0 Å². The summed E-state index contributed by atoms with van der Waals surface area (Å²) in [6.45, 7) is 6.03. The highest BCUT2D eigenvalue weighted by Crippen LogP contribution is 2.29. The Morgan fingerprint density at radius 1 is 1.60 bits per heavy atom. The number of nitrogen functional groups attached to an aromatic ring is 1. The Bertz CT molecular complexity index is 381. The van der Waals surface area contributed by atoms with Crippen molar-refractivity contribution >= 4 is 11.6 Å². The number of carbonyl (C=O) groups excluding carboxylic acids is 1. The molecule has 1 aliphatic heterocycles. The average molecular weight is 207 g/mol. The molecule has 1 aromatic heterocycles. The molecule has 1 aromatic rings. The fourth-order valence-corrected chi connectivity index (χ4v) is 1.99. The van der Waals surface area contributed by atoms with Gasteiger partial charge < -0.3 is 15.6 Å². The highest BCUT2D eigenvalue weighted by Gasteiger charge is 2.32. The third-order valence-electron chi connectivity index (χ3n) is 2.90. The van der Waals surface area contributed by atoms with Gasteiger partial charge in [-0.05, 0) is 17.9 Å². The molecular formula is C11H17N3O. The van der Waals surface area contributed by atoms with Gasteiger partial charge in [0.1, 0.15) is 5.69 Å². The van der Waals surface area contributed by atoms with Crippen LogP contribution in [0.5, 0.6) is 0 Å². The zero-order valence-electron chi connectivity index (χ0n) is 9.21. The van der Waals surface area contributed by atoms with Crippen LogP contribution in [0.4, 0.5) is 5.69 Å². The van der Waals surface area contributed by atoms with Crippen molar-refractivity contribution in [3.05, 3.63) is 18.0 Å². The van der Waals surface area contributed by atoms with Crippen LogP contribution < -0.4 is 5.73 Å². The van der Waals surface area contributed by atoms with E-state index in [1.807, 2.05) is 4.90 Å². The van der Waals surface area contributed by atoms with Gasteiger partial charge in [0.15, 0.2) is 0 Å². The number of anilines is 1. The molecule has 1 saturated heterocycles. The van der Waals surface area contributed by atoms with Gasteiger partial charge in [0.05, 0.1) is 0 Å². The summed E-state index contributed by atoms with van der Waals surface area (Å²) in [6.07, 6.45) is 2.71. The van der Waals surface area contributed by atoms with E-state index in [2.05, 4.69) is 18.8 Å². The van der Waals surface area contributed by atoms with Gasteiger partial charge in [-0.3, -0.25) is 4.79 Å². The minimum Gasteiger partial charge on any atom is -0.397 e. The number of likely N-dealkylation sites (tertiary alicyclic amines) is 1. The summed E-state index contributed by atoms with van der Waals surface area (Å²) in [5, 5.41) is 0. The van der Waals surface area contributed by atoms with Crippen LogP contribution in [0.2, 0.25) is 0 Å². The molecule has 0 aromatic carbocycles. The maximum absolute atomic E-state index is 12.0. The molecule has 3 N–H and O–H groups in total. The highest BCUT2D eigenvalue weighted by molar-refractivity contribution is 5.93. The predicted molar refractivity (Wildman–Crippen MR) is 59.5 cm³/mol. The van der Waals surface area contributed by atoms with Crippen LogP contribution in [0.15, 0.2) is 12.3 Å². The van der Waals surface area contributed by atoms with E-state index < -0.39 is 0 Å². The quantitative estimate of drug-likeness (QED) is 0.732. The lowest BCUT2D eigenvalue weighted by atomic mass is 9.93. The van der Waals surface area contributed by atoms with Crippen LogP contribution in [0.25, 0.3) is 0 Å². The second-order valence-electron chi connectivity index (χ2n) is 4.99. The third-order valence-corrected chi connectivity index (χ3v) is 2.90. The summed E-state index contributed by atoms with van der Waals surface area (Å²) in [5.41, 5.74) is 7.01. The molecule has 82 valence electrons. The summed E-state index contributed by atoms with van der Waals surface area (Å²) in [6, 6.07) is 1.69. The van der Waals surface area contributed by atoms with E-state index in [0.29, 0.717) is 11.4 Å². The van der Waals surface area contributed by atoms with Crippen molar-refractivity contribution in [1.82, 2.24) is 9.88 Å². The Hall–Kier alpha value is -1.45. The van der Waals surface area contributed by atoms with Gasteiger partial charge in [0, 0.05) is 25.0 Å². The number of aromatic nitrogens is 1. The Morgan fingerprint density at radius 2 is 2.33 bits per heavy atom. The van der Waals surface area contributed by atoms with Crippen molar-refractivity contribution in [2.75, 3.05) is 18.8 Å². The fourth-order valence-electron chi connectivity index (χ4n) is 1.99. The molecule has 0 radical (unpaired) electrons. The van der Waals surface area contributed by atoms with E-state index in [1.165, 1.54) is 0 Å². The molecule has 4 heteroatoms. The molecule has 2 rings (SSSR count). The van der Waals surface area contributed by atoms with Gasteiger partial charge in [0.25, 0.3) is 5.91 Å².